The van der Waals surface area contributed by atoms with E-state index in [0.717, 1.165) is 17.7 Å². The molecule has 15 heavy (non-hydrogen) atoms. The van der Waals surface area contributed by atoms with Crippen LogP contribution >= 0.6 is 0 Å². The van der Waals surface area contributed by atoms with E-state index in [1.807, 2.05) is 38.1 Å². The molecule has 0 unspecified atom stereocenters. The van der Waals surface area contributed by atoms with Crippen molar-refractivity contribution >= 4 is 5.78 Å². The number of carbonyl (C=O) groups excluding carboxylic acids is 1. The van der Waals surface area contributed by atoms with Crippen LogP contribution in [0, 0.1) is 5.41 Å². The highest BCUT2D eigenvalue weighted by Gasteiger charge is 2.23. The lowest BCUT2D eigenvalue weighted by Gasteiger charge is -2.21. The van der Waals surface area contributed by atoms with Gasteiger partial charge in [-0.3, -0.25) is 4.79 Å². The lowest BCUT2D eigenvalue weighted by Crippen LogP contribution is -2.23. The first-order chi connectivity index (χ1) is 6.95. The first kappa shape index (κ1) is 11.8. The molecule has 0 aliphatic heterocycles. The van der Waals surface area contributed by atoms with Crippen LogP contribution in [0.1, 0.15) is 26.3 Å². The molecule has 0 aliphatic carbocycles. The molecule has 0 atom stereocenters. The second-order valence-electron chi connectivity index (χ2n) is 4.46. The minimum absolute atomic E-state index is 0.221. The topological polar surface area (TPSA) is 26.3 Å². The Bertz CT molecular complexity index is 336. The molecule has 0 spiro atoms. The number of benzene rings is 1. The van der Waals surface area contributed by atoms with Gasteiger partial charge in [0, 0.05) is 5.41 Å². The van der Waals surface area contributed by atoms with Gasteiger partial charge in [-0.05, 0) is 31.0 Å². The molecule has 1 aromatic rings. The first-order valence-corrected chi connectivity index (χ1v) is 5.09. The Kier molecular flexibility index (Phi) is 3.51. The predicted molar refractivity (Wildman–Crippen MR) is 61.2 cm³/mol. The molecule has 2 heteroatoms. The molecule has 0 saturated carbocycles. The van der Waals surface area contributed by atoms with E-state index in [-0.39, 0.29) is 11.2 Å². The van der Waals surface area contributed by atoms with Crippen LogP contribution in [0.5, 0.6) is 5.75 Å². The van der Waals surface area contributed by atoms with E-state index < -0.39 is 0 Å². The summed E-state index contributed by atoms with van der Waals surface area (Å²) in [6.45, 7) is 5.59. The highest BCUT2D eigenvalue weighted by Crippen LogP contribution is 2.24. The molecule has 1 aromatic carbocycles. The number of Topliss-reactive ketones (excluding diaryl/α,β-unsaturated/α-hetero) is 1. The van der Waals surface area contributed by atoms with E-state index in [0.29, 0.717) is 0 Å². The van der Waals surface area contributed by atoms with Gasteiger partial charge >= 0.3 is 0 Å². The second kappa shape index (κ2) is 4.47. The number of rotatable bonds is 4. The van der Waals surface area contributed by atoms with Crippen LogP contribution in [-0.2, 0) is 11.2 Å². The maximum absolute atomic E-state index is 11.4. The monoisotopic (exact) mass is 206 g/mol. The fourth-order valence-electron chi connectivity index (χ4n) is 1.38. The van der Waals surface area contributed by atoms with Crippen molar-refractivity contribution in [2.75, 3.05) is 7.11 Å². The molecular formula is C13H18O2. The molecule has 2 nitrogen and oxygen atoms in total. The molecule has 0 amide bonds. The number of hydrogen-bond acceptors (Lipinski definition) is 2. The highest BCUT2D eigenvalue weighted by atomic mass is 16.5. The van der Waals surface area contributed by atoms with Crippen molar-refractivity contribution in [1.29, 1.82) is 0 Å². The van der Waals surface area contributed by atoms with Gasteiger partial charge in [0.05, 0.1) is 7.11 Å². The minimum atomic E-state index is -0.283. The summed E-state index contributed by atoms with van der Waals surface area (Å²) in [6.07, 6.45) is 0.770. The van der Waals surface area contributed by atoms with E-state index in [2.05, 4.69) is 0 Å². The number of ketones is 1. The molecule has 1 rings (SSSR count). The van der Waals surface area contributed by atoms with Crippen LogP contribution in [0.4, 0.5) is 0 Å². The number of methoxy groups -OCH3 is 1. The largest absolute Gasteiger partial charge is 0.497 e. The Morgan fingerprint density at radius 3 is 2.20 bits per heavy atom. The average molecular weight is 206 g/mol. The molecule has 0 heterocycles. The normalized spacial score (nSPS) is 11.2. The van der Waals surface area contributed by atoms with Crippen LogP contribution in [-0.4, -0.2) is 12.9 Å². The van der Waals surface area contributed by atoms with Crippen LogP contribution in [0.25, 0.3) is 0 Å². The van der Waals surface area contributed by atoms with Gasteiger partial charge in [-0.25, -0.2) is 0 Å². The van der Waals surface area contributed by atoms with Crippen LogP contribution < -0.4 is 4.74 Å². The zero-order valence-corrected chi connectivity index (χ0v) is 9.83. The van der Waals surface area contributed by atoms with Gasteiger partial charge < -0.3 is 4.74 Å². The van der Waals surface area contributed by atoms with Crippen molar-refractivity contribution in [3.8, 4) is 5.75 Å². The summed E-state index contributed by atoms with van der Waals surface area (Å²) in [5.41, 5.74) is 0.880. The second-order valence-corrected chi connectivity index (χ2v) is 4.46. The molecule has 0 saturated heterocycles. The molecule has 0 bridgehead atoms. The molecule has 0 fully saturated rings. The van der Waals surface area contributed by atoms with E-state index in [1.54, 1.807) is 14.0 Å². The lowest BCUT2D eigenvalue weighted by atomic mass is 9.82. The molecule has 82 valence electrons. The van der Waals surface area contributed by atoms with Gasteiger partial charge in [0.15, 0.2) is 0 Å². The Morgan fingerprint density at radius 2 is 1.80 bits per heavy atom. The van der Waals surface area contributed by atoms with Gasteiger partial charge in [0.1, 0.15) is 11.5 Å². The van der Waals surface area contributed by atoms with Gasteiger partial charge in [-0.2, -0.15) is 0 Å². The Labute approximate surface area is 91.3 Å². The van der Waals surface area contributed by atoms with Crippen molar-refractivity contribution in [2.45, 2.75) is 27.2 Å². The van der Waals surface area contributed by atoms with E-state index in [4.69, 9.17) is 4.74 Å². The van der Waals surface area contributed by atoms with E-state index in [9.17, 15) is 4.79 Å². The third-order valence-electron chi connectivity index (χ3n) is 2.76. The summed E-state index contributed by atoms with van der Waals surface area (Å²) in [5.74, 6) is 1.07. The fraction of sp³-hybridized carbons (Fsp3) is 0.462. The summed E-state index contributed by atoms with van der Waals surface area (Å²) >= 11 is 0. The van der Waals surface area contributed by atoms with Crippen molar-refractivity contribution in [3.63, 3.8) is 0 Å². The van der Waals surface area contributed by atoms with Gasteiger partial charge in [-0.15, -0.1) is 0 Å². The molecule has 0 N–H and O–H groups in total. The quantitative estimate of drug-likeness (QED) is 0.757. The number of carbonyl (C=O) groups is 1. The Morgan fingerprint density at radius 1 is 1.27 bits per heavy atom. The van der Waals surface area contributed by atoms with Crippen LogP contribution in [0.2, 0.25) is 0 Å². The maximum Gasteiger partial charge on any atom is 0.135 e. The zero-order valence-electron chi connectivity index (χ0n) is 9.83. The summed E-state index contributed by atoms with van der Waals surface area (Å²) in [5, 5.41) is 0. The Hall–Kier alpha value is -1.31. The minimum Gasteiger partial charge on any atom is -0.497 e. The van der Waals surface area contributed by atoms with E-state index in [1.165, 1.54) is 0 Å². The summed E-state index contributed by atoms with van der Waals surface area (Å²) < 4.78 is 5.08. The average Bonchev–Trinajstić information content (AvgIpc) is 2.18. The highest BCUT2D eigenvalue weighted by molar-refractivity contribution is 5.81. The van der Waals surface area contributed by atoms with Crippen molar-refractivity contribution in [3.05, 3.63) is 29.8 Å². The maximum atomic E-state index is 11.4. The first-order valence-electron chi connectivity index (χ1n) is 5.09. The fourth-order valence-corrected chi connectivity index (χ4v) is 1.38. The summed E-state index contributed by atoms with van der Waals surface area (Å²) in [4.78, 5) is 11.4. The standard InChI is InChI=1S/C13H18O2/c1-10(14)13(2,3)9-11-5-7-12(15-4)8-6-11/h5-8H,9H2,1-4H3. The smallest absolute Gasteiger partial charge is 0.135 e. The van der Waals surface area contributed by atoms with Crippen molar-refractivity contribution < 1.29 is 9.53 Å². The van der Waals surface area contributed by atoms with Crippen molar-refractivity contribution in [2.24, 2.45) is 5.41 Å². The lowest BCUT2D eigenvalue weighted by molar-refractivity contribution is -0.124. The molecule has 0 radical (unpaired) electrons. The SMILES string of the molecule is COc1ccc(CC(C)(C)C(C)=O)cc1. The van der Waals surface area contributed by atoms with Crippen LogP contribution in [0.3, 0.4) is 0 Å². The van der Waals surface area contributed by atoms with Crippen LogP contribution in [0.15, 0.2) is 24.3 Å². The third kappa shape index (κ3) is 3.08. The van der Waals surface area contributed by atoms with Crippen molar-refractivity contribution in [1.82, 2.24) is 0 Å². The molecule has 0 aliphatic rings. The number of hydrogen-bond donors (Lipinski definition) is 0. The van der Waals surface area contributed by atoms with Gasteiger partial charge in [0.2, 0.25) is 0 Å². The van der Waals surface area contributed by atoms with Gasteiger partial charge in [0.25, 0.3) is 0 Å². The summed E-state index contributed by atoms with van der Waals surface area (Å²) in [7, 11) is 1.65. The Balaban J connectivity index is 2.77. The molecular weight excluding hydrogens is 188 g/mol. The van der Waals surface area contributed by atoms with Gasteiger partial charge in [-0.1, -0.05) is 26.0 Å². The third-order valence-corrected chi connectivity index (χ3v) is 2.76. The zero-order chi connectivity index (χ0) is 11.5. The van der Waals surface area contributed by atoms with E-state index >= 15 is 0 Å². The predicted octanol–water partition coefficient (Wildman–Crippen LogP) is 2.85. The molecule has 0 aromatic heterocycles. The summed E-state index contributed by atoms with van der Waals surface area (Å²) in [6, 6.07) is 7.85. The number of ether oxygens (including phenoxy) is 1.